The lowest BCUT2D eigenvalue weighted by atomic mass is 10.1. The fraction of sp³-hybridized carbons (Fsp3) is 0.538. The Morgan fingerprint density at radius 2 is 1.94 bits per heavy atom. The van der Waals surface area contributed by atoms with E-state index in [9.17, 15) is 4.79 Å². The molecule has 0 aliphatic rings. The number of hydrogen-bond donors (Lipinski definition) is 1. The zero-order chi connectivity index (χ0) is 13.0. The molecule has 17 heavy (non-hydrogen) atoms. The Morgan fingerprint density at radius 3 is 2.35 bits per heavy atom. The molecule has 1 aromatic heterocycles. The van der Waals surface area contributed by atoms with E-state index in [0.717, 1.165) is 24.6 Å². The van der Waals surface area contributed by atoms with Crippen molar-refractivity contribution in [2.24, 2.45) is 0 Å². The predicted molar refractivity (Wildman–Crippen MR) is 68.8 cm³/mol. The van der Waals surface area contributed by atoms with Crippen molar-refractivity contribution in [3.8, 4) is 0 Å². The van der Waals surface area contributed by atoms with E-state index in [1.807, 2.05) is 27.7 Å². The molecule has 1 aromatic rings. The van der Waals surface area contributed by atoms with Crippen molar-refractivity contribution in [1.82, 2.24) is 4.98 Å². The summed E-state index contributed by atoms with van der Waals surface area (Å²) >= 11 is 0. The molecule has 0 saturated carbocycles. The van der Waals surface area contributed by atoms with Crippen LogP contribution in [0.3, 0.4) is 0 Å². The van der Waals surface area contributed by atoms with E-state index in [1.54, 1.807) is 12.1 Å². The molecule has 0 atom stereocenters. The van der Waals surface area contributed by atoms with Crippen LogP contribution in [0.2, 0.25) is 0 Å². The molecule has 0 amide bonds. The maximum absolute atomic E-state index is 11.1. The molecule has 0 bridgehead atoms. The molecular weight excluding hydrogens is 216 g/mol. The van der Waals surface area contributed by atoms with E-state index in [0.29, 0.717) is 5.56 Å². The Hall–Kier alpha value is -1.58. The van der Waals surface area contributed by atoms with Crippen molar-refractivity contribution in [2.75, 3.05) is 18.0 Å². The van der Waals surface area contributed by atoms with Gasteiger partial charge >= 0.3 is 5.97 Å². The zero-order valence-corrected chi connectivity index (χ0v) is 10.9. The molecule has 1 rings (SSSR count). The monoisotopic (exact) mass is 236 g/mol. The second kappa shape index (κ2) is 5.66. The smallest absolute Gasteiger partial charge is 0.335 e. The van der Waals surface area contributed by atoms with E-state index >= 15 is 0 Å². The van der Waals surface area contributed by atoms with Crippen molar-refractivity contribution in [1.29, 1.82) is 0 Å². The molecule has 4 heteroatoms. The van der Waals surface area contributed by atoms with Gasteiger partial charge in [0.1, 0.15) is 5.82 Å². The van der Waals surface area contributed by atoms with Crippen LogP contribution in [-0.2, 0) is 0 Å². The maximum Gasteiger partial charge on any atom is 0.335 e. The normalized spacial score (nSPS) is 10.6. The van der Waals surface area contributed by atoms with E-state index < -0.39 is 5.97 Å². The van der Waals surface area contributed by atoms with Gasteiger partial charge in [-0.25, -0.2) is 9.78 Å². The average molecular weight is 236 g/mol. The minimum atomic E-state index is -0.900. The van der Waals surface area contributed by atoms with Gasteiger partial charge in [-0.3, -0.25) is 0 Å². The maximum atomic E-state index is 11.1. The van der Waals surface area contributed by atoms with Crippen LogP contribution in [0.5, 0.6) is 0 Å². The van der Waals surface area contributed by atoms with Crippen molar-refractivity contribution >= 4 is 11.8 Å². The summed E-state index contributed by atoms with van der Waals surface area (Å²) in [5.74, 6) is 0.0740. The van der Waals surface area contributed by atoms with Gasteiger partial charge in [-0.2, -0.15) is 0 Å². The summed E-state index contributed by atoms with van der Waals surface area (Å²) in [7, 11) is 0. The highest BCUT2D eigenvalue weighted by molar-refractivity contribution is 5.88. The quantitative estimate of drug-likeness (QED) is 0.854. The first-order chi connectivity index (χ1) is 7.99. The molecule has 1 N–H and O–H groups in total. The van der Waals surface area contributed by atoms with Gasteiger partial charge in [0.15, 0.2) is 0 Å². The summed E-state index contributed by atoms with van der Waals surface area (Å²) in [6, 6.07) is 3.29. The standard InChI is InChI=1S/C13H20N2O2/c1-5-15(6-2)12-8-10(13(16)17)7-11(14-12)9(3)4/h7-9H,5-6H2,1-4H3,(H,16,17). The molecule has 0 aliphatic carbocycles. The largest absolute Gasteiger partial charge is 0.478 e. The van der Waals surface area contributed by atoms with Gasteiger partial charge in [0.25, 0.3) is 0 Å². The Labute approximate surface area is 102 Å². The number of aromatic nitrogens is 1. The van der Waals surface area contributed by atoms with Gasteiger partial charge < -0.3 is 10.0 Å². The van der Waals surface area contributed by atoms with Crippen LogP contribution in [0.1, 0.15) is 49.7 Å². The molecule has 0 unspecified atom stereocenters. The zero-order valence-electron chi connectivity index (χ0n) is 10.9. The number of nitrogens with zero attached hydrogens (tertiary/aromatic N) is 2. The van der Waals surface area contributed by atoms with Crippen LogP contribution < -0.4 is 4.90 Å². The van der Waals surface area contributed by atoms with Crippen LogP contribution >= 0.6 is 0 Å². The summed E-state index contributed by atoms with van der Waals surface area (Å²) < 4.78 is 0. The van der Waals surface area contributed by atoms with Crippen molar-refractivity contribution in [3.63, 3.8) is 0 Å². The van der Waals surface area contributed by atoms with E-state index in [1.165, 1.54) is 0 Å². The highest BCUT2D eigenvalue weighted by atomic mass is 16.4. The molecule has 0 spiro atoms. The lowest BCUT2D eigenvalue weighted by Crippen LogP contribution is -2.24. The summed E-state index contributed by atoms with van der Waals surface area (Å²) in [6.07, 6.45) is 0. The average Bonchev–Trinajstić information content (AvgIpc) is 2.30. The first kappa shape index (κ1) is 13.5. The first-order valence-corrected chi connectivity index (χ1v) is 5.99. The number of anilines is 1. The van der Waals surface area contributed by atoms with Crippen LogP contribution in [0.25, 0.3) is 0 Å². The number of carboxylic acid groups (broad SMARTS) is 1. The number of pyridine rings is 1. The highest BCUT2D eigenvalue weighted by Gasteiger charge is 2.13. The third kappa shape index (κ3) is 3.19. The third-order valence-electron chi connectivity index (χ3n) is 2.76. The Kier molecular flexibility index (Phi) is 4.49. The topological polar surface area (TPSA) is 53.4 Å². The van der Waals surface area contributed by atoms with E-state index in [4.69, 9.17) is 5.11 Å². The van der Waals surface area contributed by atoms with Gasteiger partial charge in [0, 0.05) is 18.8 Å². The molecule has 4 nitrogen and oxygen atoms in total. The second-order valence-corrected chi connectivity index (χ2v) is 4.27. The second-order valence-electron chi connectivity index (χ2n) is 4.27. The number of carbonyl (C=O) groups is 1. The van der Waals surface area contributed by atoms with Gasteiger partial charge in [0.2, 0.25) is 0 Å². The number of rotatable bonds is 5. The molecular formula is C13H20N2O2. The SMILES string of the molecule is CCN(CC)c1cc(C(=O)O)cc(C(C)C)n1. The van der Waals surface area contributed by atoms with Gasteiger partial charge in [-0.1, -0.05) is 13.8 Å². The molecule has 0 saturated heterocycles. The van der Waals surface area contributed by atoms with E-state index in [-0.39, 0.29) is 5.92 Å². The number of hydrogen-bond acceptors (Lipinski definition) is 3. The fourth-order valence-corrected chi connectivity index (χ4v) is 1.67. The van der Waals surface area contributed by atoms with Crippen molar-refractivity contribution in [2.45, 2.75) is 33.6 Å². The summed E-state index contributed by atoms with van der Waals surface area (Å²) in [5.41, 5.74) is 1.14. The minimum absolute atomic E-state index is 0.226. The Balaban J connectivity index is 3.25. The fourth-order valence-electron chi connectivity index (χ4n) is 1.67. The molecule has 94 valence electrons. The van der Waals surface area contributed by atoms with Crippen LogP contribution in [-0.4, -0.2) is 29.1 Å². The van der Waals surface area contributed by atoms with Crippen LogP contribution in [0.4, 0.5) is 5.82 Å². The molecule has 0 aliphatic heterocycles. The number of aromatic carboxylic acids is 1. The first-order valence-electron chi connectivity index (χ1n) is 5.99. The molecule has 1 heterocycles. The Bertz CT molecular complexity index is 398. The summed E-state index contributed by atoms with van der Waals surface area (Å²) in [5, 5.41) is 9.10. The summed E-state index contributed by atoms with van der Waals surface area (Å²) in [4.78, 5) is 17.7. The van der Waals surface area contributed by atoms with Gasteiger partial charge in [-0.05, 0) is 31.9 Å². The predicted octanol–water partition coefficient (Wildman–Crippen LogP) is 2.75. The van der Waals surface area contributed by atoms with Crippen LogP contribution in [0, 0.1) is 0 Å². The van der Waals surface area contributed by atoms with Gasteiger partial charge in [-0.15, -0.1) is 0 Å². The third-order valence-corrected chi connectivity index (χ3v) is 2.76. The van der Waals surface area contributed by atoms with E-state index in [2.05, 4.69) is 9.88 Å². The van der Waals surface area contributed by atoms with Crippen molar-refractivity contribution in [3.05, 3.63) is 23.4 Å². The Morgan fingerprint density at radius 1 is 1.35 bits per heavy atom. The van der Waals surface area contributed by atoms with Gasteiger partial charge in [0.05, 0.1) is 5.56 Å². The van der Waals surface area contributed by atoms with Crippen molar-refractivity contribution < 1.29 is 9.90 Å². The summed E-state index contributed by atoms with van der Waals surface area (Å²) in [6.45, 7) is 9.75. The lowest BCUT2D eigenvalue weighted by molar-refractivity contribution is 0.0696. The lowest BCUT2D eigenvalue weighted by Gasteiger charge is -2.21. The minimum Gasteiger partial charge on any atom is -0.478 e. The molecule has 0 aromatic carbocycles. The highest BCUT2D eigenvalue weighted by Crippen LogP contribution is 2.20. The number of carboxylic acids is 1. The molecule has 0 radical (unpaired) electrons. The van der Waals surface area contributed by atoms with Crippen LogP contribution in [0.15, 0.2) is 12.1 Å². The molecule has 0 fully saturated rings.